The summed E-state index contributed by atoms with van der Waals surface area (Å²) in [6.45, 7) is 1.92. The van der Waals surface area contributed by atoms with E-state index >= 15 is 0 Å². The number of carboxylic acids is 2. The molecule has 0 bridgehead atoms. The van der Waals surface area contributed by atoms with Crippen LogP contribution >= 0.6 is 0 Å². The van der Waals surface area contributed by atoms with E-state index in [0.29, 0.717) is 12.8 Å². The predicted molar refractivity (Wildman–Crippen MR) is 45.8 cm³/mol. The van der Waals surface area contributed by atoms with Crippen LogP contribution in [0.4, 0.5) is 0 Å². The average Bonchev–Trinajstić information content (AvgIpc) is 2.03. The third-order valence-electron chi connectivity index (χ3n) is 2.72. The van der Waals surface area contributed by atoms with Crippen molar-refractivity contribution in [2.24, 2.45) is 17.8 Å². The largest absolute Gasteiger partial charge is 2.00 e. The number of carbonyl (C=O) groups is 2. The number of rotatable bonds is 2. The summed E-state index contributed by atoms with van der Waals surface area (Å²) in [6, 6.07) is 0. The van der Waals surface area contributed by atoms with Gasteiger partial charge in [-0.05, 0) is 18.8 Å². The van der Waals surface area contributed by atoms with Gasteiger partial charge in [-0.15, -0.1) is 0 Å². The van der Waals surface area contributed by atoms with E-state index in [1.165, 1.54) is 0 Å². The fraction of sp³-hybridized carbons (Fsp3) is 0.778. The van der Waals surface area contributed by atoms with E-state index in [1.54, 1.807) is 0 Å². The van der Waals surface area contributed by atoms with Gasteiger partial charge in [0, 0.05) is 23.8 Å². The Balaban J connectivity index is 0.00000169. The molecule has 1 aliphatic rings. The van der Waals surface area contributed by atoms with E-state index in [4.69, 9.17) is 0 Å². The minimum absolute atomic E-state index is 0. The van der Waals surface area contributed by atoms with Gasteiger partial charge < -0.3 is 19.8 Å². The van der Waals surface area contributed by atoms with Crippen molar-refractivity contribution in [3.8, 4) is 0 Å². The summed E-state index contributed by atoms with van der Waals surface area (Å²) in [5.74, 6) is -3.99. The Kier molecular flexibility index (Phi) is 6.02. The van der Waals surface area contributed by atoms with Crippen LogP contribution < -0.4 is 10.2 Å². The van der Waals surface area contributed by atoms with Crippen molar-refractivity contribution in [3.63, 3.8) is 0 Å². The third-order valence-corrected chi connectivity index (χ3v) is 2.72. The molecule has 1 saturated carbocycles. The summed E-state index contributed by atoms with van der Waals surface area (Å²) < 4.78 is 0. The molecule has 74 valence electrons. The Morgan fingerprint density at radius 3 is 2.00 bits per heavy atom. The first-order valence-corrected chi connectivity index (χ1v) is 4.44. The van der Waals surface area contributed by atoms with Crippen molar-refractivity contribution in [2.45, 2.75) is 26.2 Å². The molecule has 0 spiro atoms. The second kappa shape index (κ2) is 5.93. The van der Waals surface area contributed by atoms with Crippen LogP contribution in [0.3, 0.4) is 0 Å². The maximum absolute atomic E-state index is 10.6. The zero-order chi connectivity index (χ0) is 10.0. The van der Waals surface area contributed by atoms with Crippen LogP contribution in [0.25, 0.3) is 0 Å². The minimum Gasteiger partial charge on any atom is -0.550 e. The van der Waals surface area contributed by atoms with Gasteiger partial charge in [0.25, 0.3) is 0 Å². The SMILES string of the molecule is CC1CCC(C(=O)[O-])C(C(=O)[O-])C1.[Ca+2]. The second-order valence-electron chi connectivity index (χ2n) is 3.77. The molecule has 0 aliphatic heterocycles. The maximum Gasteiger partial charge on any atom is 2.00 e. The van der Waals surface area contributed by atoms with Crippen LogP contribution in [0.15, 0.2) is 0 Å². The summed E-state index contributed by atoms with van der Waals surface area (Å²) in [7, 11) is 0. The van der Waals surface area contributed by atoms with Crippen LogP contribution in [-0.2, 0) is 9.59 Å². The third kappa shape index (κ3) is 3.40. The number of carbonyl (C=O) groups excluding carboxylic acids is 2. The van der Waals surface area contributed by atoms with E-state index in [9.17, 15) is 19.8 Å². The van der Waals surface area contributed by atoms with Gasteiger partial charge in [0.05, 0.1) is 0 Å². The average molecular weight is 224 g/mol. The smallest absolute Gasteiger partial charge is 0.550 e. The summed E-state index contributed by atoms with van der Waals surface area (Å²) in [6.07, 6.45) is 1.53. The molecule has 0 saturated heterocycles. The molecule has 1 rings (SSSR count). The van der Waals surface area contributed by atoms with Gasteiger partial charge >= 0.3 is 37.7 Å². The summed E-state index contributed by atoms with van der Waals surface area (Å²) in [4.78, 5) is 21.2. The molecule has 5 heteroatoms. The molecule has 0 aromatic heterocycles. The zero-order valence-electron chi connectivity index (χ0n) is 8.19. The fourth-order valence-electron chi connectivity index (χ4n) is 1.92. The first kappa shape index (κ1) is 14.2. The Hall–Kier alpha value is 0.200. The molecule has 4 nitrogen and oxygen atoms in total. The molecular formula is C9H12CaO4. The van der Waals surface area contributed by atoms with Gasteiger partial charge in [-0.3, -0.25) is 0 Å². The Morgan fingerprint density at radius 2 is 1.57 bits per heavy atom. The summed E-state index contributed by atoms with van der Waals surface area (Å²) in [5, 5.41) is 21.2. The molecule has 0 aromatic rings. The Bertz CT molecular complexity index is 229. The van der Waals surface area contributed by atoms with E-state index in [0.717, 1.165) is 6.42 Å². The molecule has 0 N–H and O–H groups in total. The van der Waals surface area contributed by atoms with Crippen molar-refractivity contribution in [2.75, 3.05) is 0 Å². The van der Waals surface area contributed by atoms with Gasteiger partial charge in [0.1, 0.15) is 0 Å². The molecule has 3 atom stereocenters. The topological polar surface area (TPSA) is 80.3 Å². The quantitative estimate of drug-likeness (QED) is 0.516. The monoisotopic (exact) mass is 224 g/mol. The minimum atomic E-state index is -1.26. The van der Waals surface area contributed by atoms with Crippen LogP contribution in [0, 0.1) is 17.8 Å². The summed E-state index contributed by atoms with van der Waals surface area (Å²) in [5.41, 5.74) is 0. The van der Waals surface area contributed by atoms with E-state index in [-0.39, 0.29) is 43.7 Å². The van der Waals surface area contributed by atoms with Gasteiger partial charge in [0.2, 0.25) is 0 Å². The van der Waals surface area contributed by atoms with Crippen LogP contribution in [-0.4, -0.2) is 49.7 Å². The van der Waals surface area contributed by atoms with Crippen molar-refractivity contribution >= 4 is 49.7 Å². The van der Waals surface area contributed by atoms with Crippen molar-refractivity contribution in [3.05, 3.63) is 0 Å². The number of hydrogen-bond acceptors (Lipinski definition) is 4. The molecular weight excluding hydrogens is 212 g/mol. The molecule has 3 unspecified atom stereocenters. The number of aliphatic carboxylic acids is 2. The first-order chi connectivity index (χ1) is 6.02. The molecule has 0 radical (unpaired) electrons. The first-order valence-electron chi connectivity index (χ1n) is 4.44. The normalized spacial score (nSPS) is 31.6. The van der Waals surface area contributed by atoms with Crippen LogP contribution in [0.1, 0.15) is 26.2 Å². The van der Waals surface area contributed by atoms with Gasteiger partial charge in [-0.1, -0.05) is 13.3 Å². The molecule has 0 amide bonds. The van der Waals surface area contributed by atoms with Crippen molar-refractivity contribution < 1.29 is 19.8 Å². The maximum atomic E-state index is 10.6. The summed E-state index contributed by atoms with van der Waals surface area (Å²) >= 11 is 0. The number of hydrogen-bond donors (Lipinski definition) is 0. The van der Waals surface area contributed by atoms with E-state index < -0.39 is 23.8 Å². The van der Waals surface area contributed by atoms with Crippen molar-refractivity contribution in [1.29, 1.82) is 0 Å². The molecule has 1 aliphatic carbocycles. The Morgan fingerprint density at radius 1 is 1.07 bits per heavy atom. The standard InChI is InChI=1S/C9H14O4.Ca/c1-5-2-3-6(8(10)11)7(4-5)9(12)13;/h5-7H,2-4H2,1H3,(H,10,11)(H,12,13);/q;+2/p-2. The van der Waals surface area contributed by atoms with Crippen molar-refractivity contribution in [1.82, 2.24) is 0 Å². The van der Waals surface area contributed by atoms with E-state index in [1.807, 2.05) is 6.92 Å². The van der Waals surface area contributed by atoms with Crippen LogP contribution in [0.2, 0.25) is 0 Å². The second-order valence-corrected chi connectivity index (χ2v) is 3.77. The van der Waals surface area contributed by atoms with Gasteiger partial charge in [-0.2, -0.15) is 0 Å². The zero-order valence-corrected chi connectivity index (χ0v) is 10.4. The molecule has 0 aromatic carbocycles. The molecule has 0 heterocycles. The van der Waals surface area contributed by atoms with E-state index in [2.05, 4.69) is 0 Å². The fourth-order valence-corrected chi connectivity index (χ4v) is 1.92. The Labute approximate surface area is 113 Å². The molecule has 14 heavy (non-hydrogen) atoms. The number of carboxylic acid groups (broad SMARTS) is 2. The van der Waals surface area contributed by atoms with Gasteiger partial charge in [0.15, 0.2) is 0 Å². The predicted octanol–water partition coefficient (Wildman–Crippen LogP) is -1.84. The van der Waals surface area contributed by atoms with Gasteiger partial charge in [-0.25, -0.2) is 0 Å². The molecule has 1 fully saturated rings. The van der Waals surface area contributed by atoms with Crippen LogP contribution in [0.5, 0.6) is 0 Å².